The van der Waals surface area contributed by atoms with Crippen molar-refractivity contribution in [1.82, 2.24) is 4.73 Å². The van der Waals surface area contributed by atoms with Gasteiger partial charge in [-0.1, -0.05) is 48.5 Å². The Morgan fingerprint density at radius 2 is 1.55 bits per heavy atom. The highest BCUT2D eigenvalue weighted by molar-refractivity contribution is 5.92. The van der Waals surface area contributed by atoms with Crippen LogP contribution in [0.25, 0.3) is 22.2 Å². The zero-order chi connectivity index (χ0) is 23.5. The zero-order valence-electron chi connectivity index (χ0n) is 18.5. The van der Waals surface area contributed by atoms with Crippen molar-refractivity contribution in [3.8, 4) is 28.5 Å². The fourth-order valence-corrected chi connectivity index (χ4v) is 4.29. The molecule has 0 aliphatic rings. The molecule has 1 heterocycles. The van der Waals surface area contributed by atoms with Gasteiger partial charge in [0.2, 0.25) is 12.3 Å². The van der Waals surface area contributed by atoms with Gasteiger partial charge in [-0.3, -0.25) is 10.1 Å². The van der Waals surface area contributed by atoms with Crippen LogP contribution < -0.4 is 14.2 Å². The predicted molar refractivity (Wildman–Crippen MR) is 124 cm³/mol. The minimum absolute atomic E-state index is 0.355. The first-order valence-corrected chi connectivity index (χ1v) is 10.3. The fourth-order valence-electron chi connectivity index (χ4n) is 4.29. The van der Waals surface area contributed by atoms with E-state index >= 15 is 0 Å². The zero-order valence-corrected chi connectivity index (χ0v) is 18.5. The number of benzene rings is 3. The standard InChI is InChI=1S/C25H24N2O6/c1-31-21-13-17(14-22(32-2)25(21)33-3)19(15-26(28)29)23-18-11-7-8-12-20(18)27(30)24(23)16-9-5-4-6-10-16/h4-14,19,30H,15H2,1-3H3/t19-/m0/s1. The quantitative estimate of drug-likeness (QED) is 0.232. The Bertz CT molecular complexity index is 1270. The Morgan fingerprint density at radius 3 is 2.12 bits per heavy atom. The molecule has 0 saturated heterocycles. The van der Waals surface area contributed by atoms with E-state index in [9.17, 15) is 15.3 Å². The van der Waals surface area contributed by atoms with E-state index in [-0.39, 0.29) is 4.92 Å². The summed E-state index contributed by atoms with van der Waals surface area (Å²) in [6.45, 7) is -0.396. The Balaban J connectivity index is 2.06. The number of rotatable bonds is 8. The summed E-state index contributed by atoms with van der Waals surface area (Å²) in [4.78, 5) is 11.5. The normalized spacial score (nSPS) is 11.8. The highest BCUT2D eigenvalue weighted by Gasteiger charge is 2.31. The molecule has 8 nitrogen and oxygen atoms in total. The molecule has 4 rings (SSSR count). The summed E-state index contributed by atoms with van der Waals surface area (Å²) >= 11 is 0. The minimum Gasteiger partial charge on any atom is -0.493 e. The number of methoxy groups -OCH3 is 3. The third kappa shape index (κ3) is 3.91. The van der Waals surface area contributed by atoms with Gasteiger partial charge in [0.05, 0.1) is 38.5 Å². The maximum Gasteiger partial charge on any atom is 0.214 e. The van der Waals surface area contributed by atoms with Gasteiger partial charge in [-0.25, -0.2) is 0 Å². The maximum absolute atomic E-state index is 11.8. The van der Waals surface area contributed by atoms with E-state index in [4.69, 9.17) is 14.2 Å². The van der Waals surface area contributed by atoms with E-state index in [1.54, 1.807) is 18.2 Å². The summed E-state index contributed by atoms with van der Waals surface area (Å²) in [6, 6.07) is 20.1. The molecular weight excluding hydrogens is 424 g/mol. The van der Waals surface area contributed by atoms with E-state index in [0.29, 0.717) is 39.6 Å². The van der Waals surface area contributed by atoms with Gasteiger partial charge in [-0.2, -0.15) is 4.73 Å². The van der Waals surface area contributed by atoms with Crippen LogP contribution in [0.15, 0.2) is 66.7 Å². The number of hydrogen-bond acceptors (Lipinski definition) is 6. The number of fused-ring (bicyclic) bond motifs is 1. The van der Waals surface area contributed by atoms with Crippen molar-refractivity contribution < 1.29 is 24.3 Å². The van der Waals surface area contributed by atoms with Crippen molar-refractivity contribution in [2.24, 2.45) is 0 Å². The van der Waals surface area contributed by atoms with Crippen molar-refractivity contribution in [3.05, 3.63) is 88.0 Å². The molecular formula is C25H24N2O6. The fraction of sp³-hybridized carbons (Fsp3) is 0.200. The second kappa shape index (κ2) is 9.12. The lowest BCUT2D eigenvalue weighted by Crippen LogP contribution is -2.15. The molecule has 0 fully saturated rings. The second-order valence-corrected chi connectivity index (χ2v) is 7.48. The smallest absolute Gasteiger partial charge is 0.214 e. The molecule has 0 spiro atoms. The highest BCUT2D eigenvalue weighted by Crippen LogP contribution is 2.45. The predicted octanol–water partition coefficient (Wildman–Crippen LogP) is 4.98. The van der Waals surface area contributed by atoms with Crippen molar-refractivity contribution in [2.75, 3.05) is 27.9 Å². The lowest BCUT2D eigenvalue weighted by molar-refractivity contribution is -0.481. The second-order valence-electron chi connectivity index (χ2n) is 7.48. The molecule has 0 radical (unpaired) electrons. The van der Waals surface area contributed by atoms with E-state index in [1.165, 1.54) is 21.3 Å². The van der Waals surface area contributed by atoms with Crippen LogP contribution in [0.4, 0.5) is 0 Å². The molecule has 0 aliphatic heterocycles. The summed E-state index contributed by atoms with van der Waals surface area (Å²) in [6.07, 6.45) is 0. The van der Waals surface area contributed by atoms with Crippen molar-refractivity contribution in [2.45, 2.75) is 5.92 Å². The molecule has 0 bridgehead atoms. The Labute approximate surface area is 190 Å². The Hall–Kier alpha value is -4.20. The molecule has 0 unspecified atom stereocenters. The van der Waals surface area contributed by atoms with Gasteiger partial charge in [0.25, 0.3) is 0 Å². The SMILES string of the molecule is COc1cc([C@H](C[N+](=O)[O-])c2c(-c3ccccc3)n(O)c3ccccc23)cc(OC)c1OC. The van der Waals surface area contributed by atoms with Crippen LogP contribution in [-0.2, 0) is 0 Å². The molecule has 0 amide bonds. The topological polar surface area (TPSA) is 96.0 Å². The first-order chi connectivity index (χ1) is 16.0. The molecule has 8 heteroatoms. The molecule has 1 atom stereocenters. The summed E-state index contributed by atoms with van der Waals surface area (Å²) in [5.41, 5.74) is 3.05. The van der Waals surface area contributed by atoms with Gasteiger partial charge in [0, 0.05) is 21.4 Å². The molecule has 0 aliphatic carbocycles. The monoisotopic (exact) mass is 448 g/mol. The van der Waals surface area contributed by atoms with Gasteiger partial charge in [0.1, 0.15) is 0 Å². The first kappa shape index (κ1) is 22.0. The van der Waals surface area contributed by atoms with E-state index in [1.807, 2.05) is 48.5 Å². The van der Waals surface area contributed by atoms with Crippen LogP contribution in [0.1, 0.15) is 17.0 Å². The van der Waals surface area contributed by atoms with E-state index in [0.717, 1.165) is 15.7 Å². The Kier molecular flexibility index (Phi) is 6.08. The van der Waals surface area contributed by atoms with Crippen molar-refractivity contribution in [3.63, 3.8) is 0 Å². The summed E-state index contributed by atoms with van der Waals surface area (Å²) in [5, 5.41) is 23.7. The van der Waals surface area contributed by atoms with Gasteiger partial charge in [0.15, 0.2) is 11.5 Å². The molecule has 1 N–H and O–H groups in total. The van der Waals surface area contributed by atoms with Crippen LogP contribution in [0.2, 0.25) is 0 Å². The number of hydrogen-bond donors (Lipinski definition) is 1. The molecule has 1 aromatic heterocycles. The first-order valence-electron chi connectivity index (χ1n) is 10.3. The third-order valence-electron chi connectivity index (χ3n) is 5.71. The van der Waals surface area contributed by atoms with Gasteiger partial charge >= 0.3 is 0 Å². The van der Waals surface area contributed by atoms with E-state index < -0.39 is 12.5 Å². The maximum atomic E-state index is 11.8. The number of nitro groups is 1. The molecule has 170 valence electrons. The van der Waals surface area contributed by atoms with Crippen LogP contribution >= 0.6 is 0 Å². The number of aromatic nitrogens is 1. The largest absolute Gasteiger partial charge is 0.493 e. The highest BCUT2D eigenvalue weighted by atomic mass is 16.6. The van der Waals surface area contributed by atoms with Crippen LogP contribution in [0, 0.1) is 10.1 Å². The van der Waals surface area contributed by atoms with Gasteiger partial charge in [-0.05, 0) is 23.8 Å². The number of nitrogens with zero attached hydrogens (tertiary/aromatic N) is 2. The molecule has 3 aromatic carbocycles. The average Bonchev–Trinajstić information content (AvgIpc) is 3.14. The van der Waals surface area contributed by atoms with Crippen LogP contribution in [0.5, 0.6) is 17.2 Å². The number of para-hydroxylation sites is 1. The van der Waals surface area contributed by atoms with Crippen LogP contribution in [-0.4, -0.2) is 42.7 Å². The molecule has 4 aromatic rings. The molecule has 0 saturated carbocycles. The lowest BCUT2D eigenvalue weighted by atomic mass is 9.87. The third-order valence-corrected chi connectivity index (χ3v) is 5.71. The van der Waals surface area contributed by atoms with E-state index in [2.05, 4.69) is 0 Å². The van der Waals surface area contributed by atoms with Crippen molar-refractivity contribution in [1.29, 1.82) is 0 Å². The summed E-state index contributed by atoms with van der Waals surface area (Å²) in [7, 11) is 4.50. The lowest BCUT2D eigenvalue weighted by Gasteiger charge is -2.19. The van der Waals surface area contributed by atoms with Gasteiger partial charge < -0.3 is 19.4 Å². The number of ether oxygens (including phenoxy) is 3. The van der Waals surface area contributed by atoms with Crippen molar-refractivity contribution >= 4 is 10.9 Å². The average molecular weight is 448 g/mol. The van der Waals surface area contributed by atoms with Crippen LogP contribution in [0.3, 0.4) is 0 Å². The molecule has 33 heavy (non-hydrogen) atoms. The minimum atomic E-state index is -0.706. The van der Waals surface area contributed by atoms with Gasteiger partial charge in [-0.15, -0.1) is 0 Å². The summed E-state index contributed by atoms with van der Waals surface area (Å²) < 4.78 is 17.5. The Morgan fingerprint density at radius 1 is 0.939 bits per heavy atom. The summed E-state index contributed by atoms with van der Waals surface area (Å²) in [5.74, 6) is 0.488.